The Labute approximate surface area is 99.1 Å². The molecular formula is C10H14BrNO2S. The second kappa shape index (κ2) is 4.63. The molecule has 15 heavy (non-hydrogen) atoms. The highest BCUT2D eigenvalue weighted by atomic mass is 79.9. The standard InChI is InChI=1S/C10H14BrNO2S/c1-7-4-9(6-10(11)5-7)8(2)12-15(3,13)14/h4-6,8,12H,1-3H3. The summed E-state index contributed by atoms with van der Waals surface area (Å²) in [5, 5.41) is 0. The first kappa shape index (κ1) is 12.7. The summed E-state index contributed by atoms with van der Waals surface area (Å²) in [6.45, 7) is 3.80. The van der Waals surface area contributed by atoms with Crippen LogP contribution in [0, 0.1) is 6.92 Å². The molecule has 0 aliphatic carbocycles. The summed E-state index contributed by atoms with van der Waals surface area (Å²) in [5.41, 5.74) is 2.05. The fourth-order valence-electron chi connectivity index (χ4n) is 1.40. The van der Waals surface area contributed by atoms with Gasteiger partial charge in [0.25, 0.3) is 0 Å². The van der Waals surface area contributed by atoms with Gasteiger partial charge in [-0.15, -0.1) is 0 Å². The highest BCUT2D eigenvalue weighted by Crippen LogP contribution is 2.20. The van der Waals surface area contributed by atoms with Crippen LogP contribution in [0.1, 0.15) is 24.1 Å². The van der Waals surface area contributed by atoms with E-state index in [1.54, 1.807) is 0 Å². The lowest BCUT2D eigenvalue weighted by Gasteiger charge is -2.13. The van der Waals surface area contributed by atoms with E-state index < -0.39 is 10.0 Å². The number of aryl methyl sites for hydroxylation is 1. The van der Waals surface area contributed by atoms with Crippen molar-refractivity contribution in [3.63, 3.8) is 0 Å². The van der Waals surface area contributed by atoms with Crippen LogP contribution < -0.4 is 4.72 Å². The SMILES string of the molecule is Cc1cc(Br)cc(C(C)NS(C)(=O)=O)c1. The van der Waals surface area contributed by atoms with Crippen LogP contribution in [-0.4, -0.2) is 14.7 Å². The molecule has 5 heteroatoms. The predicted molar refractivity (Wildman–Crippen MR) is 65.3 cm³/mol. The van der Waals surface area contributed by atoms with Gasteiger partial charge in [0.05, 0.1) is 6.26 Å². The van der Waals surface area contributed by atoms with Gasteiger partial charge in [-0.1, -0.05) is 22.0 Å². The molecule has 0 aliphatic heterocycles. The number of hydrogen-bond donors (Lipinski definition) is 1. The van der Waals surface area contributed by atoms with Gasteiger partial charge in [0.1, 0.15) is 0 Å². The van der Waals surface area contributed by atoms with Gasteiger partial charge in [0.2, 0.25) is 10.0 Å². The molecule has 1 atom stereocenters. The van der Waals surface area contributed by atoms with Crippen LogP contribution in [0.25, 0.3) is 0 Å². The highest BCUT2D eigenvalue weighted by Gasteiger charge is 2.11. The second-order valence-corrected chi connectivity index (χ2v) is 6.37. The van der Waals surface area contributed by atoms with Crippen LogP contribution >= 0.6 is 15.9 Å². The van der Waals surface area contributed by atoms with E-state index in [1.807, 2.05) is 32.0 Å². The molecule has 1 N–H and O–H groups in total. The van der Waals surface area contributed by atoms with Crippen molar-refractivity contribution >= 4 is 26.0 Å². The Kier molecular flexibility index (Phi) is 3.92. The zero-order chi connectivity index (χ0) is 11.6. The van der Waals surface area contributed by atoms with E-state index in [9.17, 15) is 8.42 Å². The van der Waals surface area contributed by atoms with Crippen molar-refractivity contribution < 1.29 is 8.42 Å². The van der Waals surface area contributed by atoms with E-state index in [0.29, 0.717) is 0 Å². The maximum absolute atomic E-state index is 11.1. The molecule has 0 bridgehead atoms. The van der Waals surface area contributed by atoms with Crippen molar-refractivity contribution in [1.29, 1.82) is 0 Å². The number of halogens is 1. The van der Waals surface area contributed by atoms with E-state index in [0.717, 1.165) is 21.9 Å². The topological polar surface area (TPSA) is 46.2 Å². The van der Waals surface area contributed by atoms with Crippen LogP contribution in [0.4, 0.5) is 0 Å². The molecule has 0 saturated heterocycles. The third kappa shape index (κ3) is 4.32. The highest BCUT2D eigenvalue weighted by molar-refractivity contribution is 9.10. The van der Waals surface area contributed by atoms with E-state index in [1.165, 1.54) is 0 Å². The van der Waals surface area contributed by atoms with Crippen molar-refractivity contribution in [2.24, 2.45) is 0 Å². The van der Waals surface area contributed by atoms with Crippen LogP contribution in [0.3, 0.4) is 0 Å². The van der Waals surface area contributed by atoms with Crippen molar-refractivity contribution in [3.8, 4) is 0 Å². The molecule has 84 valence electrons. The van der Waals surface area contributed by atoms with Gasteiger partial charge in [-0.25, -0.2) is 13.1 Å². The van der Waals surface area contributed by atoms with Crippen molar-refractivity contribution in [1.82, 2.24) is 4.72 Å². The number of hydrogen-bond acceptors (Lipinski definition) is 2. The molecular weight excluding hydrogens is 278 g/mol. The third-order valence-corrected chi connectivity index (χ3v) is 3.19. The minimum absolute atomic E-state index is 0.212. The number of sulfonamides is 1. The maximum atomic E-state index is 11.1. The molecule has 1 aromatic rings. The lowest BCUT2D eigenvalue weighted by molar-refractivity contribution is 0.573. The zero-order valence-electron chi connectivity index (χ0n) is 8.91. The summed E-state index contributed by atoms with van der Waals surface area (Å²) in [6, 6.07) is 5.65. The molecule has 0 radical (unpaired) electrons. The van der Waals surface area contributed by atoms with Gasteiger partial charge in [0.15, 0.2) is 0 Å². The number of benzene rings is 1. The van der Waals surface area contributed by atoms with Crippen LogP contribution in [0.15, 0.2) is 22.7 Å². The van der Waals surface area contributed by atoms with Gasteiger partial charge < -0.3 is 0 Å². The molecule has 0 fully saturated rings. The monoisotopic (exact) mass is 291 g/mol. The average Bonchev–Trinajstić information content (AvgIpc) is 1.98. The van der Waals surface area contributed by atoms with Gasteiger partial charge in [-0.3, -0.25) is 0 Å². The molecule has 1 rings (SSSR count). The molecule has 1 unspecified atom stereocenters. The summed E-state index contributed by atoms with van der Waals surface area (Å²) < 4.78 is 25.6. The molecule has 0 amide bonds. The van der Waals surface area contributed by atoms with E-state index in [-0.39, 0.29) is 6.04 Å². The first-order valence-electron chi connectivity index (χ1n) is 4.52. The minimum atomic E-state index is -3.16. The fraction of sp³-hybridized carbons (Fsp3) is 0.400. The van der Waals surface area contributed by atoms with Gasteiger partial charge in [0, 0.05) is 10.5 Å². The fourth-order valence-corrected chi connectivity index (χ4v) is 2.81. The maximum Gasteiger partial charge on any atom is 0.209 e. The van der Waals surface area contributed by atoms with Gasteiger partial charge >= 0.3 is 0 Å². The van der Waals surface area contributed by atoms with Gasteiger partial charge in [-0.05, 0) is 37.1 Å². The average molecular weight is 292 g/mol. The second-order valence-electron chi connectivity index (χ2n) is 3.67. The Balaban J connectivity index is 2.96. The zero-order valence-corrected chi connectivity index (χ0v) is 11.3. The van der Waals surface area contributed by atoms with Crippen molar-refractivity contribution in [2.45, 2.75) is 19.9 Å². The normalized spacial score (nSPS) is 13.9. The number of rotatable bonds is 3. The van der Waals surface area contributed by atoms with Crippen LogP contribution in [-0.2, 0) is 10.0 Å². The molecule has 3 nitrogen and oxygen atoms in total. The third-order valence-electron chi connectivity index (χ3n) is 1.96. The first-order chi connectivity index (χ1) is 6.78. The first-order valence-corrected chi connectivity index (χ1v) is 7.21. The smallest absolute Gasteiger partial charge is 0.209 e. The molecule has 0 spiro atoms. The molecule has 0 aromatic heterocycles. The van der Waals surface area contributed by atoms with E-state index >= 15 is 0 Å². The largest absolute Gasteiger partial charge is 0.213 e. The summed E-state index contributed by atoms with van der Waals surface area (Å²) in [7, 11) is -3.16. The van der Waals surface area contributed by atoms with E-state index in [4.69, 9.17) is 0 Å². The molecule has 0 saturated carbocycles. The lowest BCUT2D eigenvalue weighted by atomic mass is 10.1. The van der Waals surface area contributed by atoms with Crippen LogP contribution in [0.5, 0.6) is 0 Å². The van der Waals surface area contributed by atoms with Crippen molar-refractivity contribution in [3.05, 3.63) is 33.8 Å². The Bertz CT molecular complexity index is 436. The Morgan fingerprint density at radius 3 is 2.40 bits per heavy atom. The lowest BCUT2D eigenvalue weighted by Crippen LogP contribution is -2.25. The summed E-state index contributed by atoms with van der Waals surface area (Å²) in [5.74, 6) is 0. The quantitative estimate of drug-likeness (QED) is 0.929. The van der Waals surface area contributed by atoms with Gasteiger partial charge in [-0.2, -0.15) is 0 Å². The summed E-state index contributed by atoms with van der Waals surface area (Å²) in [6.07, 6.45) is 1.16. The minimum Gasteiger partial charge on any atom is -0.213 e. The Morgan fingerprint density at radius 1 is 1.33 bits per heavy atom. The Morgan fingerprint density at radius 2 is 1.93 bits per heavy atom. The molecule has 0 heterocycles. The van der Waals surface area contributed by atoms with Crippen molar-refractivity contribution in [2.75, 3.05) is 6.26 Å². The summed E-state index contributed by atoms with van der Waals surface area (Å²) in [4.78, 5) is 0. The Hall–Kier alpha value is -0.390. The predicted octanol–water partition coefficient (Wildman–Crippen LogP) is 2.37. The number of nitrogens with one attached hydrogen (secondary N) is 1. The molecule has 1 aromatic carbocycles. The molecule has 0 aliphatic rings. The van der Waals surface area contributed by atoms with Crippen LogP contribution in [0.2, 0.25) is 0 Å². The summed E-state index contributed by atoms with van der Waals surface area (Å²) >= 11 is 3.38. The van der Waals surface area contributed by atoms with E-state index in [2.05, 4.69) is 20.7 Å².